The molecule has 2 amide bonds. The van der Waals surface area contributed by atoms with E-state index in [1.807, 2.05) is 19.1 Å². The van der Waals surface area contributed by atoms with Crippen LogP contribution < -0.4 is 14.7 Å². The van der Waals surface area contributed by atoms with Crippen molar-refractivity contribution < 1.29 is 24.1 Å². The van der Waals surface area contributed by atoms with Crippen LogP contribution in [0, 0.1) is 23.0 Å². The molecule has 2 aliphatic heterocycles. The van der Waals surface area contributed by atoms with Crippen LogP contribution in [0.5, 0.6) is 5.75 Å². The molecule has 3 atom stereocenters. The Morgan fingerprint density at radius 3 is 2.40 bits per heavy atom. The Kier molecular flexibility index (Phi) is 5.78. The molecule has 0 spiro atoms. The number of carbonyl (C=O) groups is 2. The fourth-order valence-electron chi connectivity index (χ4n) is 4.54. The number of imide groups is 1. The highest BCUT2D eigenvalue weighted by atomic mass is 79.9. The molecule has 2 heterocycles. The largest absolute Gasteiger partial charge is 0.496 e. The minimum absolute atomic E-state index is 0.128. The van der Waals surface area contributed by atoms with Gasteiger partial charge in [0, 0.05) is 12.1 Å². The molecule has 0 aromatic heterocycles. The van der Waals surface area contributed by atoms with Crippen molar-refractivity contribution in [1.82, 2.24) is 0 Å². The van der Waals surface area contributed by atoms with Crippen molar-refractivity contribution in [3.63, 3.8) is 0 Å². The van der Waals surface area contributed by atoms with Gasteiger partial charge in [-0.15, -0.1) is 0 Å². The normalized spacial score (nSPS) is 21.4. The molecule has 9 nitrogen and oxygen atoms in total. The molecule has 0 radical (unpaired) electrons. The van der Waals surface area contributed by atoms with E-state index >= 15 is 0 Å². The average Bonchev–Trinajstić information content (AvgIpc) is 3.36. The summed E-state index contributed by atoms with van der Waals surface area (Å²) >= 11 is 3.48. The minimum Gasteiger partial charge on any atom is -0.496 e. The van der Waals surface area contributed by atoms with E-state index in [1.54, 1.807) is 43.5 Å². The predicted molar refractivity (Wildman–Crippen MR) is 131 cm³/mol. The number of hydrogen-bond acceptors (Lipinski definition) is 7. The summed E-state index contributed by atoms with van der Waals surface area (Å²) in [4.78, 5) is 45.2. The molecule has 2 fully saturated rings. The molecule has 2 saturated heterocycles. The van der Waals surface area contributed by atoms with E-state index in [-0.39, 0.29) is 5.69 Å². The smallest absolute Gasteiger partial charge is 0.271 e. The minimum atomic E-state index is -1.08. The Labute approximate surface area is 209 Å². The van der Waals surface area contributed by atoms with Gasteiger partial charge in [0.1, 0.15) is 11.7 Å². The maximum atomic E-state index is 13.7. The predicted octanol–water partition coefficient (Wildman–Crippen LogP) is 4.73. The molecule has 3 aromatic carbocycles. The molecule has 0 unspecified atom stereocenters. The Bertz CT molecular complexity index is 1350. The zero-order chi connectivity index (χ0) is 24.9. The number of hydrogen-bond donors (Lipinski definition) is 0. The maximum Gasteiger partial charge on any atom is 0.271 e. The van der Waals surface area contributed by atoms with Crippen LogP contribution in [-0.2, 0) is 14.4 Å². The number of halogens is 1. The summed E-state index contributed by atoms with van der Waals surface area (Å²) in [6.07, 6.45) is -1.08. The number of amides is 2. The van der Waals surface area contributed by atoms with Crippen molar-refractivity contribution in [1.29, 1.82) is 0 Å². The number of benzene rings is 3. The van der Waals surface area contributed by atoms with Crippen LogP contribution in [0.15, 0.2) is 71.2 Å². The van der Waals surface area contributed by atoms with Gasteiger partial charge in [-0.1, -0.05) is 29.8 Å². The standard InChI is InChI=1S/C25H20BrN3O6/c1-14-6-9-16(10-7-14)27-24(30)21-22(15-8-11-20(34-2)19(26)12-15)28(35-23(21)25(27)31)17-4-3-5-18(13-17)29(32)33/h3-13,21-23H,1-2H3/t21-,22+,23-/m1/s1. The fourth-order valence-corrected chi connectivity index (χ4v) is 5.09. The molecule has 0 saturated carbocycles. The number of carbonyl (C=O) groups excluding carboxylic acids is 2. The fraction of sp³-hybridized carbons (Fsp3) is 0.200. The lowest BCUT2D eigenvalue weighted by Crippen LogP contribution is -2.37. The highest BCUT2D eigenvalue weighted by Gasteiger charge is 2.60. The summed E-state index contributed by atoms with van der Waals surface area (Å²) in [6, 6.07) is 17.6. The van der Waals surface area contributed by atoms with Crippen LogP contribution in [0.3, 0.4) is 0 Å². The van der Waals surface area contributed by atoms with Gasteiger partial charge in [0.2, 0.25) is 5.91 Å². The zero-order valence-corrected chi connectivity index (χ0v) is 20.3. The maximum absolute atomic E-state index is 13.7. The quantitative estimate of drug-likeness (QED) is 0.263. The van der Waals surface area contributed by atoms with Gasteiger partial charge in [-0.05, 0) is 58.7 Å². The molecule has 3 aromatic rings. The van der Waals surface area contributed by atoms with Crippen LogP contribution in [-0.4, -0.2) is 30.0 Å². The second kappa shape index (κ2) is 8.79. The van der Waals surface area contributed by atoms with Gasteiger partial charge in [-0.3, -0.25) is 24.5 Å². The highest BCUT2D eigenvalue weighted by molar-refractivity contribution is 9.10. The van der Waals surface area contributed by atoms with E-state index in [2.05, 4.69) is 15.9 Å². The van der Waals surface area contributed by atoms with Gasteiger partial charge in [0.05, 0.1) is 33.9 Å². The third-order valence-corrected chi connectivity index (χ3v) is 6.84. The van der Waals surface area contributed by atoms with Crippen LogP contribution in [0.25, 0.3) is 0 Å². The van der Waals surface area contributed by atoms with Gasteiger partial charge in [-0.25, -0.2) is 9.96 Å². The first-order chi connectivity index (χ1) is 16.8. The molecule has 0 bridgehead atoms. The Hall–Kier alpha value is -3.76. The van der Waals surface area contributed by atoms with Crippen molar-refractivity contribution in [2.45, 2.75) is 19.1 Å². The summed E-state index contributed by atoms with van der Waals surface area (Å²) in [5, 5.41) is 12.8. The molecule has 2 aliphatic rings. The van der Waals surface area contributed by atoms with E-state index in [1.165, 1.54) is 23.3 Å². The topological polar surface area (TPSA) is 102 Å². The first kappa shape index (κ1) is 23.0. The van der Waals surface area contributed by atoms with Gasteiger partial charge >= 0.3 is 0 Å². The summed E-state index contributed by atoms with van der Waals surface area (Å²) in [6.45, 7) is 1.92. The second-order valence-electron chi connectivity index (χ2n) is 8.34. The van der Waals surface area contributed by atoms with Crippen molar-refractivity contribution in [3.8, 4) is 5.75 Å². The summed E-state index contributed by atoms with van der Waals surface area (Å²) in [7, 11) is 1.54. The molecule has 5 rings (SSSR count). The second-order valence-corrected chi connectivity index (χ2v) is 9.20. The number of anilines is 2. The molecular formula is C25H20BrN3O6. The molecule has 0 aliphatic carbocycles. The van der Waals surface area contributed by atoms with Crippen molar-refractivity contribution in [2.75, 3.05) is 17.1 Å². The number of aryl methyl sites for hydroxylation is 1. The van der Waals surface area contributed by atoms with E-state index in [9.17, 15) is 19.7 Å². The van der Waals surface area contributed by atoms with Gasteiger partial charge in [-0.2, -0.15) is 0 Å². The summed E-state index contributed by atoms with van der Waals surface area (Å²) in [5.41, 5.74) is 2.40. The summed E-state index contributed by atoms with van der Waals surface area (Å²) in [5.74, 6) is -1.13. The van der Waals surface area contributed by atoms with E-state index in [4.69, 9.17) is 9.57 Å². The highest BCUT2D eigenvalue weighted by Crippen LogP contribution is 2.48. The third kappa shape index (κ3) is 3.84. The number of nitro benzene ring substituents is 1. The monoisotopic (exact) mass is 537 g/mol. The van der Waals surface area contributed by atoms with Gasteiger partial charge < -0.3 is 4.74 Å². The first-order valence-corrected chi connectivity index (χ1v) is 11.6. The van der Waals surface area contributed by atoms with Crippen molar-refractivity contribution in [2.24, 2.45) is 5.92 Å². The van der Waals surface area contributed by atoms with E-state index in [0.717, 1.165) is 10.5 Å². The number of methoxy groups -OCH3 is 1. The van der Waals surface area contributed by atoms with Crippen molar-refractivity contribution in [3.05, 3.63) is 92.4 Å². The summed E-state index contributed by atoms with van der Waals surface area (Å²) < 4.78 is 5.99. The zero-order valence-electron chi connectivity index (χ0n) is 18.8. The van der Waals surface area contributed by atoms with Gasteiger partial charge in [0.25, 0.3) is 11.6 Å². The SMILES string of the molecule is COc1ccc([C@H]2[C@H]3C(=O)N(c4ccc(C)cc4)C(=O)[C@@H]3ON2c2cccc([N+](=O)[O-])c2)cc1Br. The molecule has 10 heteroatoms. The first-order valence-electron chi connectivity index (χ1n) is 10.8. The third-order valence-electron chi connectivity index (χ3n) is 6.22. The number of nitrogens with zero attached hydrogens (tertiary/aromatic N) is 3. The number of nitro groups is 1. The molecule has 35 heavy (non-hydrogen) atoms. The number of hydroxylamine groups is 1. The van der Waals surface area contributed by atoms with Crippen LogP contribution >= 0.6 is 15.9 Å². The van der Waals surface area contributed by atoms with Crippen LogP contribution in [0.2, 0.25) is 0 Å². The van der Waals surface area contributed by atoms with Crippen molar-refractivity contribution >= 4 is 44.8 Å². The lowest BCUT2D eigenvalue weighted by Gasteiger charge is -2.29. The Balaban J connectivity index is 1.61. The molecular weight excluding hydrogens is 518 g/mol. The lowest BCUT2D eigenvalue weighted by atomic mass is 9.90. The number of rotatable bonds is 5. The number of ether oxygens (including phenoxy) is 1. The lowest BCUT2D eigenvalue weighted by molar-refractivity contribution is -0.384. The van der Waals surface area contributed by atoms with Crippen LogP contribution in [0.4, 0.5) is 17.1 Å². The number of non-ortho nitro benzene ring substituents is 1. The van der Waals surface area contributed by atoms with Gasteiger partial charge in [0.15, 0.2) is 6.10 Å². The molecule has 178 valence electrons. The Morgan fingerprint density at radius 1 is 1.00 bits per heavy atom. The average molecular weight is 538 g/mol. The van der Waals surface area contributed by atoms with Crippen LogP contribution in [0.1, 0.15) is 17.2 Å². The number of fused-ring (bicyclic) bond motifs is 1. The Morgan fingerprint density at radius 2 is 1.74 bits per heavy atom. The van der Waals surface area contributed by atoms with E-state index in [0.29, 0.717) is 27.2 Å². The van der Waals surface area contributed by atoms with E-state index < -0.39 is 34.8 Å². The molecule has 0 N–H and O–H groups in total.